The molecular weight excluding hydrogens is 277 g/mol. The van der Waals surface area contributed by atoms with Gasteiger partial charge in [-0.3, -0.25) is 9.59 Å². The van der Waals surface area contributed by atoms with Crippen LogP contribution >= 0.6 is 0 Å². The number of hydrogen-bond donors (Lipinski definition) is 0. The van der Waals surface area contributed by atoms with E-state index >= 15 is 0 Å². The quantitative estimate of drug-likeness (QED) is 0.689. The van der Waals surface area contributed by atoms with Crippen LogP contribution in [0.4, 0.5) is 4.39 Å². The third-order valence-corrected chi connectivity index (χ3v) is 2.95. The van der Waals surface area contributed by atoms with Crippen LogP contribution in [0.1, 0.15) is 19.8 Å². The van der Waals surface area contributed by atoms with Gasteiger partial charge in [0.1, 0.15) is 11.6 Å². The number of carbonyl (C=O) groups is 2. The molecule has 0 aliphatic heterocycles. The van der Waals surface area contributed by atoms with E-state index in [9.17, 15) is 14.0 Å². The Bertz CT molecular complexity index is 461. The van der Waals surface area contributed by atoms with Gasteiger partial charge in [-0.2, -0.15) is 0 Å². The van der Waals surface area contributed by atoms with Gasteiger partial charge in [0, 0.05) is 13.1 Å². The first kappa shape index (κ1) is 16.9. The second-order valence-electron chi connectivity index (χ2n) is 4.35. The maximum Gasteiger partial charge on any atom is 0.307 e. The number of nitrogens with zero attached hydrogens (tertiary/aromatic N) is 1. The second-order valence-corrected chi connectivity index (χ2v) is 4.35. The van der Waals surface area contributed by atoms with Crippen LogP contribution in [0.25, 0.3) is 0 Å². The number of rotatable bonds is 8. The van der Waals surface area contributed by atoms with Crippen LogP contribution in [-0.2, 0) is 14.3 Å². The van der Waals surface area contributed by atoms with Crippen LogP contribution in [0, 0.1) is 5.82 Å². The van der Waals surface area contributed by atoms with Gasteiger partial charge in [0.05, 0.1) is 26.6 Å². The first-order valence-corrected chi connectivity index (χ1v) is 6.79. The summed E-state index contributed by atoms with van der Waals surface area (Å²) >= 11 is 0. The lowest BCUT2D eigenvalue weighted by atomic mass is 10.3. The van der Waals surface area contributed by atoms with Gasteiger partial charge in [-0.1, -0.05) is 0 Å². The Morgan fingerprint density at radius 2 is 1.86 bits per heavy atom. The van der Waals surface area contributed by atoms with Crippen molar-refractivity contribution in [3.63, 3.8) is 0 Å². The average Bonchev–Trinajstić information content (AvgIpc) is 2.49. The Morgan fingerprint density at radius 1 is 1.19 bits per heavy atom. The van der Waals surface area contributed by atoms with Crippen molar-refractivity contribution in [1.82, 2.24) is 4.90 Å². The summed E-state index contributed by atoms with van der Waals surface area (Å²) in [6.07, 6.45) is 0.376. The Hall–Kier alpha value is -2.11. The van der Waals surface area contributed by atoms with Gasteiger partial charge >= 0.3 is 5.97 Å². The topological polar surface area (TPSA) is 55.8 Å². The zero-order valence-electron chi connectivity index (χ0n) is 12.3. The summed E-state index contributed by atoms with van der Waals surface area (Å²) in [5.74, 6) is -0.257. The maximum atomic E-state index is 12.7. The smallest absolute Gasteiger partial charge is 0.307 e. The fraction of sp³-hybridized carbons (Fsp3) is 0.467. The monoisotopic (exact) mass is 297 g/mol. The molecule has 0 fully saturated rings. The van der Waals surface area contributed by atoms with E-state index < -0.39 is 0 Å². The first-order valence-electron chi connectivity index (χ1n) is 6.79. The molecule has 0 spiro atoms. The minimum atomic E-state index is -0.344. The van der Waals surface area contributed by atoms with Crippen LogP contribution in [-0.4, -0.2) is 43.6 Å². The number of halogens is 1. The van der Waals surface area contributed by atoms with Crippen molar-refractivity contribution in [2.75, 3.05) is 26.8 Å². The van der Waals surface area contributed by atoms with Gasteiger partial charge in [-0.15, -0.1) is 0 Å². The van der Waals surface area contributed by atoms with E-state index in [0.29, 0.717) is 18.8 Å². The second kappa shape index (κ2) is 8.94. The molecule has 1 aromatic rings. The number of esters is 1. The Balaban J connectivity index is 2.33. The summed E-state index contributed by atoms with van der Waals surface area (Å²) in [5.41, 5.74) is 0. The van der Waals surface area contributed by atoms with E-state index in [1.54, 1.807) is 4.90 Å². The molecule has 6 heteroatoms. The summed E-state index contributed by atoms with van der Waals surface area (Å²) in [6.45, 7) is 2.90. The molecule has 21 heavy (non-hydrogen) atoms. The number of hydrogen-bond acceptors (Lipinski definition) is 4. The SMILES string of the molecule is CCN(CCC(=O)OC)C(=O)CCOc1ccc(F)cc1. The Morgan fingerprint density at radius 3 is 2.43 bits per heavy atom. The van der Waals surface area contributed by atoms with Crippen LogP contribution in [0.3, 0.4) is 0 Å². The zero-order valence-corrected chi connectivity index (χ0v) is 12.3. The normalized spacial score (nSPS) is 10.0. The highest BCUT2D eigenvalue weighted by Gasteiger charge is 2.13. The number of ether oxygens (including phenoxy) is 2. The molecule has 0 heterocycles. The highest BCUT2D eigenvalue weighted by atomic mass is 19.1. The summed E-state index contributed by atoms with van der Waals surface area (Å²) in [5, 5.41) is 0. The van der Waals surface area contributed by atoms with Gasteiger partial charge < -0.3 is 14.4 Å². The number of benzene rings is 1. The molecule has 0 aliphatic carbocycles. The lowest BCUT2D eigenvalue weighted by Gasteiger charge is -2.20. The molecule has 0 atom stereocenters. The van der Waals surface area contributed by atoms with Crippen LogP contribution in [0.15, 0.2) is 24.3 Å². The molecule has 1 aromatic carbocycles. The molecule has 116 valence electrons. The summed E-state index contributed by atoms with van der Waals surface area (Å²) in [6, 6.07) is 5.61. The number of carbonyl (C=O) groups excluding carboxylic acids is 2. The van der Waals surface area contributed by atoms with E-state index in [0.717, 1.165) is 0 Å². The van der Waals surface area contributed by atoms with Gasteiger partial charge in [0.25, 0.3) is 0 Å². The van der Waals surface area contributed by atoms with E-state index in [1.807, 2.05) is 6.92 Å². The number of methoxy groups -OCH3 is 1. The molecule has 5 nitrogen and oxygen atoms in total. The Kier molecular flexibility index (Phi) is 7.21. The summed E-state index contributed by atoms with van der Waals surface area (Å²) < 4.78 is 22.6. The standard InChI is InChI=1S/C15H20FNO4/c1-3-17(10-8-15(19)20-2)14(18)9-11-21-13-6-4-12(16)5-7-13/h4-7H,3,8-11H2,1-2H3. The molecule has 0 radical (unpaired) electrons. The van der Waals surface area contributed by atoms with E-state index in [1.165, 1.54) is 31.4 Å². The molecule has 0 aliphatic rings. The van der Waals surface area contributed by atoms with Gasteiger partial charge in [-0.25, -0.2) is 4.39 Å². The Labute approximate surface area is 123 Å². The van der Waals surface area contributed by atoms with E-state index in [-0.39, 0.29) is 37.1 Å². The van der Waals surface area contributed by atoms with Crippen molar-refractivity contribution >= 4 is 11.9 Å². The molecule has 0 saturated heterocycles. The highest BCUT2D eigenvalue weighted by molar-refractivity contribution is 5.77. The van der Waals surface area contributed by atoms with Crippen LogP contribution in [0.2, 0.25) is 0 Å². The largest absolute Gasteiger partial charge is 0.493 e. The minimum absolute atomic E-state index is 0.0940. The highest BCUT2D eigenvalue weighted by Crippen LogP contribution is 2.11. The first-order chi connectivity index (χ1) is 10.1. The van der Waals surface area contributed by atoms with Gasteiger partial charge in [0.15, 0.2) is 0 Å². The van der Waals surface area contributed by atoms with Crippen molar-refractivity contribution in [2.24, 2.45) is 0 Å². The van der Waals surface area contributed by atoms with Gasteiger partial charge in [0.2, 0.25) is 5.91 Å². The molecule has 1 amide bonds. The summed E-state index contributed by atoms with van der Waals surface area (Å²) in [7, 11) is 1.32. The zero-order chi connectivity index (χ0) is 15.7. The lowest BCUT2D eigenvalue weighted by Crippen LogP contribution is -2.33. The van der Waals surface area contributed by atoms with Crippen molar-refractivity contribution in [3.8, 4) is 5.75 Å². The van der Waals surface area contributed by atoms with Crippen LogP contribution < -0.4 is 4.74 Å². The number of amides is 1. The van der Waals surface area contributed by atoms with Crippen molar-refractivity contribution < 1.29 is 23.5 Å². The molecular formula is C15H20FNO4. The van der Waals surface area contributed by atoms with Crippen LogP contribution in [0.5, 0.6) is 5.75 Å². The molecule has 0 aromatic heterocycles. The minimum Gasteiger partial charge on any atom is -0.493 e. The average molecular weight is 297 g/mol. The van der Waals surface area contributed by atoms with Crippen molar-refractivity contribution in [1.29, 1.82) is 0 Å². The van der Waals surface area contributed by atoms with E-state index in [4.69, 9.17) is 4.74 Å². The predicted molar refractivity (Wildman–Crippen MR) is 75.4 cm³/mol. The van der Waals surface area contributed by atoms with E-state index in [2.05, 4.69) is 4.74 Å². The third kappa shape index (κ3) is 6.25. The van der Waals surface area contributed by atoms with Gasteiger partial charge in [-0.05, 0) is 31.2 Å². The molecule has 0 bridgehead atoms. The molecule has 1 rings (SSSR count). The fourth-order valence-electron chi connectivity index (χ4n) is 1.73. The molecule has 0 unspecified atom stereocenters. The predicted octanol–water partition coefficient (Wildman–Crippen LogP) is 2.01. The fourth-order valence-corrected chi connectivity index (χ4v) is 1.73. The molecule has 0 N–H and O–H groups in total. The lowest BCUT2D eigenvalue weighted by molar-refractivity contribution is -0.141. The third-order valence-electron chi connectivity index (χ3n) is 2.95. The maximum absolute atomic E-state index is 12.7. The van der Waals surface area contributed by atoms with Crippen molar-refractivity contribution in [2.45, 2.75) is 19.8 Å². The summed E-state index contributed by atoms with van der Waals surface area (Å²) in [4.78, 5) is 24.6. The van der Waals surface area contributed by atoms with Crippen molar-refractivity contribution in [3.05, 3.63) is 30.1 Å². The molecule has 0 saturated carbocycles.